The molecule has 2 N–H and O–H groups in total. The SMILES string of the molecule is Cc1ccc(N)c(S(=O)(=O)N2CC(C)OC(C)C2)c1C. The standard InChI is InChI=1S/C14H22N2O3S/c1-9-5-6-13(15)14(12(9)4)20(17,18)16-7-10(2)19-11(3)8-16/h5-6,10-11H,7-8,15H2,1-4H3. The van der Waals surface area contributed by atoms with E-state index in [0.717, 1.165) is 11.1 Å². The fraction of sp³-hybridized carbons (Fsp3) is 0.571. The Morgan fingerprint density at radius 3 is 2.30 bits per heavy atom. The van der Waals surface area contributed by atoms with Crippen molar-refractivity contribution in [3.05, 3.63) is 23.3 Å². The summed E-state index contributed by atoms with van der Waals surface area (Å²) in [5.41, 5.74) is 7.86. The lowest BCUT2D eigenvalue weighted by Gasteiger charge is -2.35. The van der Waals surface area contributed by atoms with Crippen molar-refractivity contribution in [2.24, 2.45) is 0 Å². The average molecular weight is 298 g/mol. The minimum Gasteiger partial charge on any atom is -0.398 e. The van der Waals surface area contributed by atoms with Crippen molar-refractivity contribution in [2.75, 3.05) is 18.8 Å². The van der Waals surface area contributed by atoms with Crippen molar-refractivity contribution < 1.29 is 13.2 Å². The Morgan fingerprint density at radius 2 is 1.75 bits per heavy atom. The normalized spacial score (nSPS) is 24.8. The van der Waals surface area contributed by atoms with E-state index >= 15 is 0 Å². The summed E-state index contributed by atoms with van der Waals surface area (Å²) in [7, 11) is -3.58. The highest BCUT2D eigenvalue weighted by Gasteiger charge is 2.34. The van der Waals surface area contributed by atoms with E-state index in [0.29, 0.717) is 18.8 Å². The molecule has 0 aliphatic carbocycles. The van der Waals surface area contributed by atoms with Crippen molar-refractivity contribution in [1.82, 2.24) is 4.31 Å². The Kier molecular flexibility index (Phi) is 4.09. The van der Waals surface area contributed by atoms with Crippen LogP contribution in [0.5, 0.6) is 0 Å². The van der Waals surface area contributed by atoms with Crippen LogP contribution >= 0.6 is 0 Å². The molecule has 20 heavy (non-hydrogen) atoms. The Morgan fingerprint density at radius 1 is 1.20 bits per heavy atom. The molecule has 0 radical (unpaired) electrons. The monoisotopic (exact) mass is 298 g/mol. The highest BCUT2D eigenvalue weighted by Crippen LogP contribution is 2.29. The highest BCUT2D eigenvalue weighted by atomic mass is 32.2. The van der Waals surface area contributed by atoms with Gasteiger partial charge in [0.1, 0.15) is 4.90 Å². The van der Waals surface area contributed by atoms with Crippen LogP contribution in [0.15, 0.2) is 17.0 Å². The van der Waals surface area contributed by atoms with Crippen LogP contribution in [0, 0.1) is 13.8 Å². The van der Waals surface area contributed by atoms with E-state index in [-0.39, 0.29) is 17.1 Å². The van der Waals surface area contributed by atoms with Gasteiger partial charge in [-0.05, 0) is 44.9 Å². The van der Waals surface area contributed by atoms with Crippen LogP contribution < -0.4 is 5.73 Å². The van der Waals surface area contributed by atoms with Gasteiger partial charge >= 0.3 is 0 Å². The smallest absolute Gasteiger partial charge is 0.245 e. The first-order valence-corrected chi connectivity index (χ1v) is 8.18. The molecule has 112 valence electrons. The zero-order valence-electron chi connectivity index (χ0n) is 12.4. The summed E-state index contributed by atoms with van der Waals surface area (Å²) in [5.74, 6) is 0. The lowest BCUT2D eigenvalue weighted by molar-refractivity contribution is -0.0440. The van der Waals surface area contributed by atoms with E-state index in [1.54, 1.807) is 13.0 Å². The molecular weight excluding hydrogens is 276 g/mol. The number of rotatable bonds is 2. The van der Waals surface area contributed by atoms with Crippen LogP contribution in [0.25, 0.3) is 0 Å². The van der Waals surface area contributed by atoms with Crippen molar-refractivity contribution >= 4 is 15.7 Å². The molecule has 1 fully saturated rings. The number of ether oxygens (including phenoxy) is 1. The Hall–Kier alpha value is -1.11. The number of morpholine rings is 1. The van der Waals surface area contributed by atoms with Crippen molar-refractivity contribution in [1.29, 1.82) is 0 Å². The van der Waals surface area contributed by atoms with Gasteiger partial charge in [-0.25, -0.2) is 8.42 Å². The molecule has 1 saturated heterocycles. The van der Waals surface area contributed by atoms with E-state index in [1.165, 1.54) is 4.31 Å². The first-order chi connectivity index (χ1) is 9.23. The number of nitrogens with two attached hydrogens (primary N) is 1. The topological polar surface area (TPSA) is 72.6 Å². The number of hydrogen-bond donors (Lipinski definition) is 1. The maximum atomic E-state index is 12.9. The molecule has 1 aliphatic rings. The maximum absolute atomic E-state index is 12.9. The van der Waals surface area contributed by atoms with Crippen molar-refractivity contribution in [3.8, 4) is 0 Å². The molecule has 0 aromatic heterocycles. The third-order valence-corrected chi connectivity index (χ3v) is 5.73. The quantitative estimate of drug-likeness (QED) is 0.843. The molecule has 0 amide bonds. The molecule has 1 aliphatic heterocycles. The molecular formula is C14H22N2O3S. The number of anilines is 1. The van der Waals surface area contributed by atoms with Crippen LogP contribution in [-0.4, -0.2) is 38.0 Å². The maximum Gasteiger partial charge on any atom is 0.245 e. The molecule has 2 unspecified atom stereocenters. The lowest BCUT2D eigenvalue weighted by Crippen LogP contribution is -2.48. The molecule has 1 heterocycles. The summed E-state index contributed by atoms with van der Waals surface area (Å²) in [6, 6.07) is 3.50. The zero-order valence-corrected chi connectivity index (χ0v) is 13.2. The molecule has 6 heteroatoms. The second kappa shape index (κ2) is 5.35. The second-order valence-electron chi connectivity index (χ2n) is 5.51. The molecule has 2 atom stereocenters. The van der Waals surface area contributed by atoms with Crippen molar-refractivity contribution in [3.63, 3.8) is 0 Å². The molecule has 5 nitrogen and oxygen atoms in total. The number of nitrogen functional groups attached to an aromatic ring is 1. The van der Waals surface area contributed by atoms with Gasteiger partial charge in [-0.1, -0.05) is 6.07 Å². The van der Waals surface area contributed by atoms with E-state index < -0.39 is 10.0 Å². The lowest BCUT2D eigenvalue weighted by atomic mass is 10.1. The first-order valence-electron chi connectivity index (χ1n) is 6.74. The number of sulfonamides is 1. The predicted octanol–water partition coefficient (Wildman–Crippen LogP) is 1.68. The van der Waals surface area contributed by atoms with E-state index in [1.807, 2.05) is 26.8 Å². The van der Waals surface area contributed by atoms with Gasteiger partial charge in [0, 0.05) is 13.1 Å². The van der Waals surface area contributed by atoms with Gasteiger partial charge in [-0.3, -0.25) is 0 Å². The summed E-state index contributed by atoms with van der Waals surface area (Å²) >= 11 is 0. The average Bonchev–Trinajstić information content (AvgIpc) is 2.33. The largest absolute Gasteiger partial charge is 0.398 e. The van der Waals surface area contributed by atoms with E-state index in [9.17, 15) is 8.42 Å². The number of nitrogens with zero attached hydrogens (tertiary/aromatic N) is 1. The van der Waals surface area contributed by atoms with Crippen LogP contribution in [0.3, 0.4) is 0 Å². The predicted molar refractivity (Wildman–Crippen MR) is 79.1 cm³/mol. The molecule has 0 bridgehead atoms. The number of hydrogen-bond acceptors (Lipinski definition) is 4. The fourth-order valence-corrected chi connectivity index (χ4v) is 4.59. The summed E-state index contributed by atoms with van der Waals surface area (Å²) in [6.45, 7) is 8.17. The van der Waals surface area contributed by atoms with Crippen LogP contribution in [0.4, 0.5) is 5.69 Å². The first kappa shape index (κ1) is 15.3. The van der Waals surface area contributed by atoms with Gasteiger partial charge in [0.15, 0.2) is 0 Å². The van der Waals surface area contributed by atoms with Gasteiger partial charge in [-0.2, -0.15) is 4.31 Å². The molecule has 2 rings (SSSR count). The number of benzene rings is 1. The Balaban J connectivity index is 2.48. The zero-order chi connectivity index (χ0) is 15.1. The summed E-state index contributed by atoms with van der Waals surface area (Å²) in [6.07, 6.45) is -0.222. The Labute approximate surface area is 120 Å². The fourth-order valence-electron chi connectivity index (χ4n) is 2.61. The van der Waals surface area contributed by atoms with Gasteiger partial charge in [0.25, 0.3) is 0 Å². The summed E-state index contributed by atoms with van der Waals surface area (Å²) < 4.78 is 32.8. The molecule has 1 aromatic rings. The summed E-state index contributed by atoms with van der Waals surface area (Å²) in [4.78, 5) is 0.235. The van der Waals surface area contributed by atoms with Gasteiger partial charge in [0.05, 0.1) is 17.9 Å². The van der Waals surface area contributed by atoms with Crippen LogP contribution in [-0.2, 0) is 14.8 Å². The minimum atomic E-state index is -3.58. The second-order valence-corrected chi connectivity index (χ2v) is 7.38. The summed E-state index contributed by atoms with van der Waals surface area (Å²) in [5, 5.41) is 0. The van der Waals surface area contributed by atoms with Crippen LogP contribution in [0.1, 0.15) is 25.0 Å². The highest BCUT2D eigenvalue weighted by molar-refractivity contribution is 7.89. The number of aryl methyl sites for hydroxylation is 1. The Bertz CT molecular complexity index is 603. The van der Waals surface area contributed by atoms with Gasteiger partial charge < -0.3 is 10.5 Å². The molecule has 1 aromatic carbocycles. The third-order valence-electron chi connectivity index (χ3n) is 3.69. The van der Waals surface area contributed by atoms with Gasteiger partial charge in [0.2, 0.25) is 10.0 Å². The van der Waals surface area contributed by atoms with Crippen LogP contribution in [0.2, 0.25) is 0 Å². The van der Waals surface area contributed by atoms with Gasteiger partial charge in [-0.15, -0.1) is 0 Å². The minimum absolute atomic E-state index is 0.111. The van der Waals surface area contributed by atoms with E-state index in [2.05, 4.69) is 0 Å². The molecule has 0 saturated carbocycles. The molecule has 0 spiro atoms. The van der Waals surface area contributed by atoms with Crippen molar-refractivity contribution in [2.45, 2.75) is 44.8 Å². The third kappa shape index (κ3) is 2.68. The van der Waals surface area contributed by atoms with E-state index in [4.69, 9.17) is 10.5 Å².